The fourth-order valence-electron chi connectivity index (χ4n) is 1.34. The Kier molecular flexibility index (Phi) is 4.27. The van der Waals surface area contributed by atoms with Crippen LogP contribution < -0.4 is 10.5 Å². The third-order valence-corrected chi connectivity index (χ3v) is 2.25. The lowest BCUT2D eigenvalue weighted by Gasteiger charge is -2.16. The lowest BCUT2D eigenvalue weighted by atomic mass is 10.1. The Morgan fingerprint density at radius 3 is 2.75 bits per heavy atom. The van der Waals surface area contributed by atoms with Crippen molar-refractivity contribution in [3.05, 3.63) is 29.6 Å². The van der Waals surface area contributed by atoms with E-state index in [0.29, 0.717) is 17.7 Å². The van der Waals surface area contributed by atoms with Crippen molar-refractivity contribution in [1.82, 2.24) is 0 Å². The minimum Gasteiger partial charge on any atom is -0.475 e. The maximum absolute atomic E-state index is 13.0. The number of benzene rings is 1. The van der Waals surface area contributed by atoms with Crippen molar-refractivity contribution >= 4 is 0 Å². The summed E-state index contributed by atoms with van der Waals surface area (Å²) in [6.07, 6.45) is 0.0506. The summed E-state index contributed by atoms with van der Waals surface area (Å²) < 4.78 is 18.5. The van der Waals surface area contributed by atoms with Gasteiger partial charge in [0.25, 0.3) is 0 Å². The highest BCUT2D eigenvalue weighted by Crippen LogP contribution is 2.26. The van der Waals surface area contributed by atoms with Gasteiger partial charge in [-0.3, -0.25) is 0 Å². The third-order valence-electron chi connectivity index (χ3n) is 2.25. The van der Waals surface area contributed by atoms with E-state index >= 15 is 0 Å². The van der Waals surface area contributed by atoms with Gasteiger partial charge in [-0.15, -0.1) is 0 Å². The summed E-state index contributed by atoms with van der Waals surface area (Å²) in [6.45, 7) is 3.60. The minimum absolute atomic E-state index is 0.332. The molecule has 0 saturated heterocycles. The molecule has 0 aliphatic heterocycles. The Morgan fingerprint density at radius 1 is 1.56 bits per heavy atom. The number of hydrogen-bond donors (Lipinski definition) is 1. The Hall–Kier alpha value is -1.60. The molecule has 2 atom stereocenters. The molecule has 0 amide bonds. The summed E-state index contributed by atoms with van der Waals surface area (Å²) in [6, 6.07) is 5.83. The first kappa shape index (κ1) is 12.5. The van der Waals surface area contributed by atoms with E-state index in [1.54, 1.807) is 6.92 Å². The van der Waals surface area contributed by atoms with Gasteiger partial charge in [-0.25, -0.2) is 4.39 Å². The highest BCUT2D eigenvalue weighted by molar-refractivity contribution is 5.36. The fourth-order valence-corrected chi connectivity index (χ4v) is 1.34. The summed E-state index contributed by atoms with van der Waals surface area (Å²) in [5.74, 6) is 0.120. The van der Waals surface area contributed by atoms with Gasteiger partial charge in [0.2, 0.25) is 0 Å². The first-order chi connectivity index (χ1) is 7.58. The number of ether oxygens (including phenoxy) is 1. The Bertz CT molecular complexity index is 398. The smallest absolute Gasteiger partial charge is 0.184 e. The van der Waals surface area contributed by atoms with Gasteiger partial charge in [0.15, 0.2) is 6.10 Å². The van der Waals surface area contributed by atoms with Crippen molar-refractivity contribution in [1.29, 1.82) is 5.26 Å². The standard InChI is InChI=1S/C12H15FN2O/c1-3-10(7-14)16-12-5-4-9(13)6-11(12)8(2)15/h4-6,8,10H,3,15H2,1-2H3. The molecule has 3 nitrogen and oxygen atoms in total. The minimum atomic E-state index is -0.525. The highest BCUT2D eigenvalue weighted by Gasteiger charge is 2.13. The van der Waals surface area contributed by atoms with Gasteiger partial charge in [-0.05, 0) is 31.5 Å². The molecule has 2 N–H and O–H groups in total. The van der Waals surface area contributed by atoms with Gasteiger partial charge in [-0.1, -0.05) is 6.92 Å². The number of nitrogens with two attached hydrogens (primary N) is 1. The van der Waals surface area contributed by atoms with Crippen LogP contribution in [0.2, 0.25) is 0 Å². The summed E-state index contributed by atoms with van der Waals surface area (Å²) in [5.41, 5.74) is 6.29. The lowest BCUT2D eigenvalue weighted by molar-refractivity contribution is 0.248. The predicted octanol–water partition coefficient (Wildman–Crippen LogP) is 2.53. The van der Waals surface area contributed by atoms with Crippen LogP contribution in [0.25, 0.3) is 0 Å². The van der Waals surface area contributed by atoms with Crippen LogP contribution in [-0.4, -0.2) is 6.10 Å². The van der Waals surface area contributed by atoms with Crippen molar-refractivity contribution < 1.29 is 9.13 Å². The van der Waals surface area contributed by atoms with Crippen molar-refractivity contribution in [3.63, 3.8) is 0 Å². The molecule has 0 saturated carbocycles. The molecule has 0 aliphatic carbocycles. The summed E-state index contributed by atoms with van der Waals surface area (Å²) in [5, 5.41) is 8.79. The van der Waals surface area contributed by atoms with E-state index < -0.39 is 6.10 Å². The van der Waals surface area contributed by atoms with Crippen molar-refractivity contribution in [3.8, 4) is 11.8 Å². The van der Waals surface area contributed by atoms with E-state index in [4.69, 9.17) is 15.7 Å². The Labute approximate surface area is 94.6 Å². The van der Waals surface area contributed by atoms with Gasteiger partial charge in [0.1, 0.15) is 17.6 Å². The van der Waals surface area contributed by atoms with Crippen LogP contribution in [0.1, 0.15) is 31.9 Å². The Morgan fingerprint density at radius 2 is 2.25 bits per heavy atom. The quantitative estimate of drug-likeness (QED) is 0.851. The molecule has 16 heavy (non-hydrogen) atoms. The molecule has 0 spiro atoms. The van der Waals surface area contributed by atoms with E-state index in [1.165, 1.54) is 18.2 Å². The van der Waals surface area contributed by atoms with Crippen molar-refractivity contribution in [2.24, 2.45) is 5.73 Å². The maximum atomic E-state index is 13.0. The molecular weight excluding hydrogens is 207 g/mol. The second-order valence-corrected chi connectivity index (χ2v) is 3.61. The van der Waals surface area contributed by atoms with Gasteiger partial charge < -0.3 is 10.5 Å². The molecule has 4 heteroatoms. The van der Waals surface area contributed by atoms with Crippen LogP contribution >= 0.6 is 0 Å². The molecule has 2 unspecified atom stereocenters. The van der Waals surface area contributed by atoms with Gasteiger partial charge in [-0.2, -0.15) is 5.26 Å². The van der Waals surface area contributed by atoms with Crippen LogP contribution in [0.15, 0.2) is 18.2 Å². The molecule has 0 aliphatic rings. The molecule has 1 aromatic carbocycles. The maximum Gasteiger partial charge on any atom is 0.184 e. The van der Waals surface area contributed by atoms with Crippen molar-refractivity contribution in [2.75, 3.05) is 0 Å². The molecular formula is C12H15FN2O. The van der Waals surface area contributed by atoms with E-state index in [0.717, 1.165) is 0 Å². The largest absolute Gasteiger partial charge is 0.475 e. The number of hydrogen-bond acceptors (Lipinski definition) is 3. The van der Waals surface area contributed by atoms with Crippen LogP contribution in [-0.2, 0) is 0 Å². The average Bonchev–Trinajstić information content (AvgIpc) is 2.27. The van der Waals surface area contributed by atoms with Crippen LogP contribution in [0.5, 0.6) is 5.75 Å². The topological polar surface area (TPSA) is 59.0 Å². The molecule has 1 aromatic rings. The zero-order valence-corrected chi connectivity index (χ0v) is 9.40. The summed E-state index contributed by atoms with van der Waals surface area (Å²) in [4.78, 5) is 0. The number of rotatable bonds is 4. The van der Waals surface area contributed by atoms with Crippen LogP contribution in [0, 0.1) is 17.1 Å². The first-order valence-corrected chi connectivity index (χ1v) is 5.19. The molecule has 0 fully saturated rings. The van der Waals surface area contributed by atoms with Gasteiger partial charge in [0.05, 0.1) is 0 Å². The lowest BCUT2D eigenvalue weighted by Crippen LogP contribution is -2.15. The third kappa shape index (κ3) is 2.94. The second kappa shape index (κ2) is 5.47. The number of nitrogens with zero attached hydrogens (tertiary/aromatic N) is 1. The molecule has 86 valence electrons. The van der Waals surface area contributed by atoms with Gasteiger partial charge in [0, 0.05) is 11.6 Å². The van der Waals surface area contributed by atoms with E-state index in [-0.39, 0.29) is 11.9 Å². The normalized spacial score (nSPS) is 13.9. The van der Waals surface area contributed by atoms with Gasteiger partial charge >= 0.3 is 0 Å². The van der Waals surface area contributed by atoms with Crippen LogP contribution in [0.4, 0.5) is 4.39 Å². The highest BCUT2D eigenvalue weighted by atomic mass is 19.1. The summed E-state index contributed by atoms with van der Waals surface area (Å²) >= 11 is 0. The molecule has 0 bridgehead atoms. The predicted molar refractivity (Wildman–Crippen MR) is 59.3 cm³/mol. The monoisotopic (exact) mass is 222 g/mol. The molecule has 0 radical (unpaired) electrons. The SMILES string of the molecule is CCC(C#N)Oc1ccc(F)cc1C(C)N. The molecule has 0 aromatic heterocycles. The van der Waals surface area contributed by atoms with Crippen LogP contribution in [0.3, 0.4) is 0 Å². The first-order valence-electron chi connectivity index (χ1n) is 5.19. The second-order valence-electron chi connectivity index (χ2n) is 3.61. The van der Waals surface area contributed by atoms with E-state index in [1.807, 2.05) is 13.0 Å². The zero-order valence-electron chi connectivity index (χ0n) is 9.40. The van der Waals surface area contributed by atoms with Crippen molar-refractivity contribution in [2.45, 2.75) is 32.4 Å². The zero-order chi connectivity index (χ0) is 12.1. The van der Waals surface area contributed by atoms with E-state index in [9.17, 15) is 4.39 Å². The number of halogens is 1. The Balaban J connectivity index is 3.00. The number of nitriles is 1. The van der Waals surface area contributed by atoms with E-state index in [2.05, 4.69) is 0 Å². The molecule has 1 rings (SSSR count). The molecule has 0 heterocycles. The fraction of sp³-hybridized carbons (Fsp3) is 0.417. The average molecular weight is 222 g/mol. The summed E-state index contributed by atoms with van der Waals surface area (Å²) in [7, 11) is 0.